The molecule has 0 aromatic carbocycles. The average Bonchev–Trinajstić information content (AvgIpc) is 2.16. The van der Waals surface area contributed by atoms with Crippen LogP contribution in [-0.4, -0.2) is 37.1 Å². The molecule has 16 heavy (non-hydrogen) atoms. The summed E-state index contributed by atoms with van der Waals surface area (Å²) in [7, 11) is 0. The van der Waals surface area contributed by atoms with Crippen LogP contribution in [0.25, 0.3) is 0 Å². The molecular formula is C10H20N2O3S. The number of amides is 1. The summed E-state index contributed by atoms with van der Waals surface area (Å²) in [6.45, 7) is 7.38. The van der Waals surface area contributed by atoms with Gasteiger partial charge in [0.1, 0.15) is 0 Å². The molecule has 0 bridgehead atoms. The molecule has 0 rings (SSSR count). The number of thiocarbonyl (C=S) groups is 1. The molecule has 0 aliphatic rings. The maximum Gasteiger partial charge on any atom is 0.413 e. The average molecular weight is 248 g/mol. The Morgan fingerprint density at radius 3 is 2.69 bits per heavy atom. The Morgan fingerprint density at radius 1 is 1.44 bits per heavy atom. The molecule has 0 saturated heterocycles. The van der Waals surface area contributed by atoms with Gasteiger partial charge in [0.05, 0.1) is 12.7 Å². The first-order valence-corrected chi connectivity index (χ1v) is 5.80. The molecule has 0 aliphatic carbocycles. The zero-order valence-corrected chi connectivity index (χ0v) is 10.9. The van der Waals surface area contributed by atoms with Gasteiger partial charge >= 0.3 is 6.09 Å². The smallest absolute Gasteiger partial charge is 0.413 e. The minimum atomic E-state index is -0.529. The van der Waals surface area contributed by atoms with Crippen LogP contribution in [0.5, 0.6) is 0 Å². The van der Waals surface area contributed by atoms with Crippen LogP contribution in [-0.2, 0) is 9.47 Å². The lowest BCUT2D eigenvalue weighted by Crippen LogP contribution is -2.40. The Labute approximate surface area is 102 Å². The van der Waals surface area contributed by atoms with Gasteiger partial charge in [-0.25, -0.2) is 4.79 Å². The number of nitrogens with one attached hydrogen (secondary N) is 2. The second-order valence-corrected chi connectivity index (χ2v) is 3.78. The molecule has 94 valence electrons. The van der Waals surface area contributed by atoms with E-state index in [0.29, 0.717) is 19.8 Å². The second-order valence-electron chi connectivity index (χ2n) is 3.37. The van der Waals surface area contributed by atoms with Gasteiger partial charge in [-0.1, -0.05) is 0 Å². The fraction of sp³-hybridized carbons (Fsp3) is 0.800. The fourth-order valence-corrected chi connectivity index (χ4v) is 1.08. The predicted octanol–water partition coefficient (Wildman–Crippen LogP) is 1.42. The summed E-state index contributed by atoms with van der Waals surface area (Å²) < 4.78 is 10.0. The van der Waals surface area contributed by atoms with Crippen LogP contribution in [0.4, 0.5) is 4.79 Å². The first-order valence-electron chi connectivity index (χ1n) is 5.39. The van der Waals surface area contributed by atoms with Crippen molar-refractivity contribution in [3.05, 3.63) is 0 Å². The number of hydrogen-bond acceptors (Lipinski definition) is 4. The number of rotatable bonds is 6. The third-order valence-corrected chi connectivity index (χ3v) is 1.80. The lowest BCUT2D eigenvalue weighted by atomic mass is 10.4. The highest BCUT2D eigenvalue weighted by molar-refractivity contribution is 7.80. The van der Waals surface area contributed by atoms with E-state index in [0.717, 1.165) is 6.42 Å². The molecule has 0 aliphatic heterocycles. The Morgan fingerprint density at radius 2 is 2.12 bits per heavy atom. The van der Waals surface area contributed by atoms with Crippen LogP contribution in [0.15, 0.2) is 0 Å². The third kappa shape index (κ3) is 9.67. The third-order valence-electron chi connectivity index (χ3n) is 1.55. The van der Waals surface area contributed by atoms with Crippen molar-refractivity contribution in [3.63, 3.8) is 0 Å². The molecule has 5 nitrogen and oxygen atoms in total. The van der Waals surface area contributed by atoms with Crippen molar-refractivity contribution in [1.82, 2.24) is 10.6 Å². The van der Waals surface area contributed by atoms with Crippen LogP contribution in [0.1, 0.15) is 27.2 Å². The van der Waals surface area contributed by atoms with Crippen LogP contribution < -0.4 is 10.6 Å². The predicted molar refractivity (Wildman–Crippen MR) is 66.5 cm³/mol. The molecule has 0 atom stereocenters. The number of ether oxygens (including phenoxy) is 2. The van der Waals surface area contributed by atoms with Gasteiger partial charge in [0, 0.05) is 13.2 Å². The summed E-state index contributed by atoms with van der Waals surface area (Å²) in [5, 5.41) is 5.56. The van der Waals surface area contributed by atoms with E-state index < -0.39 is 6.09 Å². The first kappa shape index (κ1) is 15.1. The van der Waals surface area contributed by atoms with Crippen LogP contribution in [0, 0.1) is 0 Å². The van der Waals surface area contributed by atoms with Crippen molar-refractivity contribution >= 4 is 23.4 Å². The summed E-state index contributed by atoms with van der Waals surface area (Å²) in [6.07, 6.45) is 0.547. The Bertz CT molecular complexity index is 222. The molecule has 0 saturated carbocycles. The summed E-state index contributed by atoms with van der Waals surface area (Å²) >= 11 is 4.88. The van der Waals surface area contributed by atoms with Gasteiger partial charge in [0.15, 0.2) is 5.11 Å². The standard InChI is InChI=1S/C10H20N2O3S/c1-4-14-10(13)12-9(16)11-6-5-7-15-8(2)3/h8H,4-7H2,1-3H3,(H2,11,12,13,16). The molecule has 0 fully saturated rings. The number of carbonyl (C=O) groups is 1. The SMILES string of the molecule is CCOC(=O)NC(=S)NCCCOC(C)C. The van der Waals surface area contributed by atoms with E-state index in [1.807, 2.05) is 13.8 Å². The molecule has 0 radical (unpaired) electrons. The number of hydrogen-bond donors (Lipinski definition) is 2. The Hall–Kier alpha value is -0.880. The highest BCUT2D eigenvalue weighted by Crippen LogP contribution is 1.89. The fourth-order valence-electron chi connectivity index (χ4n) is 0.897. The zero-order valence-electron chi connectivity index (χ0n) is 10.0. The summed E-state index contributed by atoms with van der Waals surface area (Å²) in [6, 6.07) is 0. The van der Waals surface area contributed by atoms with Gasteiger partial charge < -0.3 is 14.8 Å². The van der Waals surface area contributed by atoms with Gasteiger partial charge in [0.25, 0.3) is 0 Å². The Kier molecular flexibility index (Phi) is 8.84. The van der Waals surface area contributed by atoms with Gasteiger partial charge in [0.2, 0.25) is 0 Å². The minimum Gasteiger partial charge on any atom is -0.450 e. The maximum absolute atomic E-state index is 10.9. The van der Waals surface area contributed by atoms with Crippen molar-refractivity contribution in [2.45, 2.75) is 33.3 Å². The van der Waals surface area contributed by atoms with Crippen molar-refractivity contribution in [2.75, 3.05) is 19.8 Å². The second kappa shape index (κ2) is 9.35. The molecular weight excluding hydrogens is 228 g/mol. The summed E-state index contributed by atoms with van der Waals surface area (Å²) in [4.78, 5) is 10.9. The molecule has 6 heteroatoms. The largest absolute Gasteiger partial charge is 0.450 e. The van der Waals surface area contributed by atoms with Crippen LogP contribution in [0.3, 0.4) is 0 Å². The topological polar surface area (TPSA) is 59.6 Å². The lowest BCUT2D eigenvalue weighted by Gasteiger charge is -2.10. The quantitative estimate of drug-likeness (QED) is 0.550. The molecule has 0 spiro atoms. The highest BCUT2D eigenvalue weighted by atomic mass is 32.1. The Balaban J connectivity index is 3.40. The minimum absolute atomic E-state index is 0.240. The van der Waals surface area contributed by atoms with Crippen molar-refractivity contribution in [2.24, 2.45) is 0 Å². The zero-order chi connectivity index (χ0) is 12.4. The van der Waals surface area contributed by atoms with E-state index in [2.05, 4.69) is 15.4 Å². The van der Waals surface area contributed by atoms with E-state index in [4.69, 9.17) is 17.0 Å². The van der Waals surface area contributed by atoms with E-state index in [9.17, 15) is 4.79 Å². The molecule has 0 aromatic heterocycles. The molecule has 0 aromatic rings. The van der Waals surface area contributed by atoms with Gasteiger partial charge in [-0.05, 0) is 39.4 Å². The van der Waals surface area contributed by atoms with Crippen molar-refractivity contribution in [1.29, 1.82) is 0 Å². The molecule has 0 unspecified atom stereocenters. The van der Waals surface area contributed by atoms with Crippen molar-refractivity contribution in [3.8, 4) is 0 Å². The van der Waals surface area contributed by atoms with Crippen LogP contribution >= 0.6 is 12.2 Å². The van der Waals surface area contributed by atoms with Crippen LogP contribution in [0.2, 0.25) is 0 Å². The van der Waals surface area contributed by atoms with Gasteiger partial charge in [-0.2, -0.15) is 0 Å². The maximum atomic E-state index is 10.9. The van der Waals surface area contributed by atoms with Gasteiger partial charge in [-0.15, -0.1) is 0 Å². The first-order chi connectivity index (χ1) is 7.56. The van der Waals surface area contributed by atoms with E-state index in [1.165, 1.54) is 0 Å². The summed E-state index contributed by atoms with van der Waals surface area (Å²) in [5.74, 6) is 0. The normalized spacial score (nSPS) is 10.0. The number of carbonyl (C=O) groups excluding carboxylic acids is 1. The van der Waals surface area contributed by atoms with Crippen molar-refractivity contribution < 1.29 is 14.3 Å². The summed E-state index contributed by atoms with van der Waals surface area (Å²) in [5.41, 5.74) is 0. The van der Waals surface area contributed by atoms with E-state index in [-0.39, 0.29) is 11.2 Å². The monoisotopic (exact) mass is 248 g/mol. The molecule has 1 amide bonds. The van der Waals surface area contributed by atoms with Gasteiger partial charge in [-0.3, -0.25) is 5.32 Å². The molecule has 2 N–H and O–H groups in total. The number of alkyl carbamates (subject to hydrolysis) is 1. The van der Waals surface area contributed by atoms with E-state index >= 15 is 0 Å². The molecule has 0 heterocycles. The van der Waals surface area contributed by atoms with E-state index in [1.54, 1.807) is 6.92 Å². The highest BCUT2D eigenvalue weighted by Gasteiger charge is 2.03. The lowest BCUT2D eigenvalue weighted by molar-refractivity contribution is 0.0777.